The first kappa shape index (κ1) is 12.7. The molecule has 2 aliphatic rings. The van der Waals surface area contributed by atoms with Gasteiger partial charge in [-0.05, 0) is 43.4 Å². The van der Waals surface area contributed by atoms with Crippen LogP contribution < -0.4 is 10.2 Å². The Bertz CT molecular complexity index is 468. The van der Waals surface area contributed by atoms with Gasteiger partial charge in [-0.1, -0.05) is 25.1 Å². The van der Waals surface area contributed by atoms with E-state index in [9.17, 15) is 4.79 Å². The lowest BCUT2D eigenvalue weighted by Gasteiger charge is -2.33. The molecular formula is C16H22N2O. The lowest BCUT2D eigenvalue weighted by atomic mass is 10.00. The van der Waals surface area contributed by atoms with Gasteiger partial charge in [0.05, 0.1) is 0 Å². The van der Waals surface area contributed by atoms with Crippen molar-refractivity contribution in [1.82, 2.24) is 5.32 Å². The standard InChI is InChI=1S/C16H22N2O/c1-2-17-14(12-7-8-12)11-18-15-6-4-3-5-13(15)9-10-16(18)19/h3-6,12,14,17H,2,7-11H2,1H3. The fourth-order valence-electron chi connectivity index (χ4n) is 3.03. The Kier molecular flexibility index (Phi) is 3.56. The first-order valence-corrected chi connectivity index (χ1v) is 7.41. The number of carbonyl (C=O) groups is 1. The summed E-state index contributed by atoms with van der Waals surface area (Å²) in [5.74, 6) is 1.05. The predicted octanol–water partition coefficient (Wildman–Crippen LogP) is 2.35. The summed E-state index contributed by atoms with van der Waals surface area (Å²) in [7, 11) is 0. The van der Waals surface area contributed by atoms with E-state index in [0.717, 1.165) is 31.1 Å². The molecule has 1 N–H and O–H groups in total. The van der Waals surface area contributed by atoms with Crippen molar-refractivity contribution in [3.63, 3.8) is 0 Å². The first-order valence-electron chi connectivity index (χ1n) is 7.41. The van der Waals surface area contributed by atoms with Crippen LogP contribution in [0.3, 0.4) is 0 Å². The molecule has 1 amide bonds. The summed E-state index contributed by atoms with van der Waals surface area (Å²) in [4.78, 5) is 14.2. The number of rotatable bonds is 5. The molecule has 1 unspecified atom stereocenters. The summed E-state index contributed by atoms with van der Waals surface area (Å²) in [6, 6.07) is 8.79. The molecule has 0 radical (unpaired) electrons. The maximum atomic E-state index is 12.2. The smallest absolute Gasteiger partial charge is 0.227 e. The molecule has 1 heterocycles. The summed E-state index contributed by atoms with van der Waals surface area (Å²) in [6.45, 7) is 3.94. The van der Waals surface area contributed by atoms with Gasteiger partial charge in [0, 0.05) is 24.7 Å². The summed E-state index contributed by atoms with van der Waals surface area (Å²) >= 11 is 0. The molecule has 3 heteroatoms. The number of para-hydroxylation sites is 1. The zero-order valence-electron chi connectivity index (χ0n) is 11.6. The van der Waals surface area contributed by atoms with Crippen molar-refractivity contribution in [2.24, 2.45) is 5.92 Å². The molecular weight excluding hydrogens is 236 g/mol. The van der Waals surface area contributed by atoms with Crippen molar-refractivity contribution >= 4 is 11.6 Å². The highest BCUT2D eigenvalue weighted by Gasteiger charge is 2.34. The lowest BCUT2D eigenvalue weighted by Crippen LogP contribution is -2.46. The number of anilines is 1. The van der Waals surface area contributed by atoms with Crippen molar-refractivity contribution in [2.45, 2.75) is 38.6 Å². The minimum Gasteiger partial charge on any atom is -0.312 e. The van der Waals surface area contributed by atoms with Gasteiger partial charge in [-0.15, -0.1) is 0 Å². The second-order valence-electron chi connectivity index (χ2n) is 5.63. The number of nitrogens with one attached hydrogen (secondary N) is 1. The molecule has 0 aromatic heterocycles. The SMILES string of the molecule is CCNC(CN1C(=O)CCc2ccccc21)C1CC1. The molecule has 1 aliphatic heterocycles. The Labute approximate surface area is 115 Å². The predicted molar refractivity (Wildman–Crippen MR) is 77.3 cm³/mol. The van der Waals surface area contributed by atoms with Crippen molar-refractivity contribution in [1.29, 1.82) is 0 Å². The van der Waals surface area contributed by atoms with Gasteiger partial charge in [0.15, 0.2) is 0 Å². The van der Waals surface area contributed by atoms with Gasteiger partial charge in [0.1, 0.15) is 0 Å². The van der Waals surface area contributed by atoms with E-state index in [0.29, 0.717) is 12.5 Å². The van der Waals surface area contributed by atoms with Crippen LogP contribution in [0.4, 0.5) is 5.69 Å². The van der Waals surface area contributed by atoms with E-state index >= 15 is 0 Å². The van der Waals surface area contributed by atoms with E-state index in [1.165, 1.54) is 18.4 Å². The van der Waals surface area contributed by atoms with Crippen LogP contribution >= 0.6 is 0 Å². The van der Waals surface area contributed by atoms with E-state index in [1.807, 2.05) is 11.0 Å². The second-order valence-corrected chi connectivity index (χ2v) is 5.63. The minimum atomic E-state index is 0.280. The van der Waals surface area contributed by atoms with E-state index in [-0.39, 0.29) is 5.91 Å². The molecule has 1 saturated carbocycles. The number of amides is 1. The number of aryl methyl sites for hydroxylation is 1. The van der Waals surface area contributed by atoms with Crippen molar-refractivity contribution in [3.8, 4) is 0 Å². The van der Waals surface area contributed by atoms with Gasteiger partial charge in [0.25, 0.3) is 0 Å². The Morgan fingerprint density at radius 3 is 2.84 bits per heavy atom. The molecule has 1 aliphatic carbocycles. The normalized spacial score (nSPS) is 20.3. The highest BCUT2D eigenvalue weighted by atomic mass is 16.2. The molecule has 1 atom stereocenters. The van der Waals surface area contributed by atoms with Crippen LogP contribution in [0.1, 0.15) is 31.7 Å². The molecule has 3 nitrogen and oxygen atoms in total. The fraction of sp³-hybridized carbons (Fsp3) is 0.562. The van der Waals surface area contributed by atoms with E-state index in [4.69, 9.17) is 0 Å². The van der Waals surface area contributed by atoms with Gasteiger partial charge < -0.3 is 10.2 Å². The molecule has 3 rings (SSSR count). The van der Waals surface area contributed by atoms with Crippen molar-refractivity contribution < 1.29 is 4.79 Å². The highest BCUT2D eigenvalue weighted by Crippen LogP contribution is 2.35. The van der Waals surface area contributed by atoms with Crippen LogP contribution in [-0.4, -0.2) is 25.0 Å². The average Bonchev–Trinajstić information content (AvgIpc) is 3.25. The van der Waals surface area contributed by atoms with E-state index < -0.39 is 0 Å². The average molecular weight is 258 g/mol. The molecule has 102 valence electrons. The minimum absolute atomic E-state index is 0.280. The van der Waals surface area contributed by atoms with Crippen LogP contribution in [0, 0.1) is 5.92 Å². The van der Waals surface area contributed by atoms with E-state index in [1.54, 1.807) is 0 Å². The molecule has 1 aromatic carbocycles. The number of benzene rings is 1. The number of hydrogen-bond acceptors (Lipinski definition) is 2. The van der Waals surface area contributed by atoms with Gasteiger partial charge in [-0.3, -0.25) is 4.79 Å². The van der Waals surface area contributed by atoms with Crippen molar-refractivity contribution in [2.75, 3.05) is 18.0 Å². The van der Waals surface area contributed by atoms with Crippen LogP contribution in [0.15, 0.2) is 24.3 Å². The molecule has 19 heavy (non-hydrogen) atoms. The fourth-order valence-corrected chi connectivity index (χ4v) is 3.03. The molecule has 0 spiro atoms. The van der Waals surface area contributed by atoms with Crippen LogP contribution in [0.2, 0.25) is 0 Å². The third-order valence-electron chi connectivity index (χ3n) is 4.23. The number of nitrogens with zero attached hydrogens (tertiary/aromatic N) is 1. The van der Waals surface area contributed by atoms with Crippen molar-refractivity contribution in [3.05, 3.63) is 29.8 Å². The zero-order chi connectivity index (χ0) is 13.2. The molecule has 1 aromatic rings. The second kappa shape index (κ2) is 5.33. The van der Waals surface area contributed by atoms with E-state index in [2.05, 4.69) is 30.4 Å². The zero-order valence-corrected chi connectivity index (χ0v) is 11.6. The van der Waals surface area contributed by atoms with Crippen LogP contribution in [0.25, 0.3) is 0 Å². The monoisotopic (exact) mass is 258 g/mol. The third-order valence-corrected chi connectivity index (χ3v) is 4.23. The summed E-state index contributed by atoms with van der Waals surface area (Å²) < 4.78 is 0. The van der Waals surface area contributed by atoms with Gasteiger partial charge in [0.2, 0.25) is 5.91 Å². The Hall–Kier alpha value is -1.35. The lowest BCUT2D eigenvalue weighted by molar-refractivity contribution is -0.119. The molecule has 0 bridgehead atoms. The summed E-state index contributed by atoms with van der Waals surface area (Å²) in [5, 5.41) is 3.55. The Balaban J connectivity index is 1.80. The maximum absolute atomic E-state index is 12.2. The van der Waals surface area contributed by atoms with Crippen LogP contribution in [-0.2, 0) is 11.2 Å². The number of carbonyl (C=O) groups excluding carboxylic acids is 1. The van der Waals surface area contributed by atoms with Gasteiger partial charge >= 0.3 is 0 Å². The highest BCUT2D eigenvalue weighted by molar-refractivity contribution is 5.96. The summed E-state index contributed by atoms with van der Waals surface area (Å²) in [6.07, 6.45) is 4.16. The van der Waals surface area contributed by atoms with Crippen LogP contribution in [0.5, 0.6) is 0 Å². The third kappa shape index (κ3) is 2.66. The largest absolute Gasteiger partial charge is 0.312 e. The Morgan fingerprint density at radius 2 is 2.11 bits per heavy atom. The number of hydrogen-bond donors (Lipinski definition) is 1. The first-order chi connectivity index (χ1) is 9.29. The quantitative estimate of drug-likeness (QED) is 0.879. The van der Waals surface area contributed by atoms with Gasteiger partial charge in [-0.2, -0.15) is 0 Å². The molecule has 1 fully saturated rings. The maximum Gasteiger partial charge on any atom is 0.227 e. The Morgan fingerprint density at radius 1 is 1.32 bits per heavy atom. The number of likely N-dealkylation sites (N-methyl/N-ethyl adjacent to an activating group) is 1. The molecule has 0 saturated heterocycles. The topological polar surface area (TPSA) is 32.3 Å². The number of fused-ring (bicyclic) bond motifs is 1. The van der Waals surface area contributed by atoms with Gasteiger partial charge in [-0.25, -0.2) is 0 Å². The summed E-state index contributed by atoms with van der Waals surface area (Å²) in [5.41, 5.74) is 2.44.